The van der Waals surface area contributed by atoms with E-state index in [1.54, 1.807) is 4.90 Å². The number of ether oxygens (including phenoxy) is 1. The second kappa shape index (κ2) is 7.29. The number of amides is 1. The van der Waals surface area contributed by atoms with Gasteiger partial charge in [-0.1, -0.05) is 18.2 Å². The van der Waals surface area contributed by atoms with Gasteiger partial charge in [0, 0.05) is 54.9 Å². The van der Waals surface area contributed by atoms with Gasteiger partial charge in [-0.3, -0.25) is 4.79 Å². The third-order valence-electron chi connectivity index (χ3n) is 4.43. The average Bonchev–Trinajstić information content (AvgIpc) is 2.86. The highest BCUT2D eigenvalue weighted by atomic mass is 35.7. The van der Waals surface area contributed by atoms with Gasteiger partial charge in [-0.05, 0) is 11.6 Å². The number of para-hydroxylation sites is 1. The minimum atomic E-state index is -3.58. The summed E-state index contributed by atoms with van der Waals surface area (Å²) < 4.78 is 27.9. The van der Waals surface area contributed by atoms with Gasteiger partial charge in [-0.25, -0.2) is 8.42 Å². The zero-order chi connectivity index (χ0) is 17.2. The van der Waals surface area contributed by atoms with Crippen molar-refractivity contribution in [3.8, 4) is 0 Å². The maximum Gasteiger partial charge on any atom is 0.232 e. The highest BCUT2D eigenvalue weighted by Crippen LogP contribution is 2.27. The number of likely N-dealkylation sites (tertiary alicyclic amines) is 1. The van der Waals surface area contributed by atoms with Gasteiger partial charge in [0.05, 0.1) is 19.0 Å². The maximum atomic E-state index is 12.2. The van der Waals surface area contributed by atoms with Crippen molar-refractivity contribution in [2.45, 2.75) is 13.0 Å². The van der Waals surface area contributed by atoms with E-state index in [9.17, 15) is 13.2 Å². The Labute approximate surface area is 146 Å². The Morgan fingerprint density at radius 3 is 2.62 bits per heavy atom. The topological polar surface area (TPSA) is 66.9 Å². The quantitative estimate of drug-likeness (QED) is 0.732. The largest absolute Gasteiger partial charge is 0.378 e. The van der Waals surface area contributed by atoms with Crippen LogP contribution in [0.3, 0.4) is 0 Å². The van der Waals surface area contributed by atoms with E-state index in [1.807, 2.05) is 18.2 Å². The van der Waals surface area contributed by atoms with E-state index in [2.05, 4.69) is 11.0 Å². The van der Waals surface area contributed by atoms with Crippen LogP contribution >= 0.6 is 10.7 Å². The van der Waals surface area contributed by atoms with Gasteiger partial charge >= 0.3 is 0 Å². The summed E-state index contributed by atoms with van der Waals surface area (Å²) in [5, 5.41) is 0. The number of anilines is 1. The highest BCUT2D eigenvalue weighted by Gasteiger charge is 2.32. The molecule has 0 saturated carbocycles. The van der Waals surface area contributed by atoms with Crippen LogP contribution < -0.4 is 4.90 Å². The second-order valence-corrected chi connectivity index (χ2v) is 9.10. The zero-order valence-electron chi connectivity index (χ0n) is 13.4. The molecule has 1 amide bonds. The fraction of sp³-hybridized carbons (Fsp3) is 0.562. The molecule has 1 atom stereocenters. The molecule has 0 N–H and O–H groups in total. The molecule has 0 aliphatic carbocycles. The maximum absolute atomic E-state index is 12.2. The van der Waals surface area contributed by atoms with Crippen LogP contribution in [0.4, 0.5) is 5.69 Å². The van der Waals surface area contributed by atoms with E-state index in [0.717, 1.165) is 24.3 Å². The number of carbonyl (C=O) groups excluding carboxylic acids is 1. The molecule has 2 aliphatic rings. The van der Waals surface area contributed by atoms with Crippen LogP contribution in [0.2, 0.25) is 0 Å². The summed E-state index contributed by atoms with van der Waals surface area (Å²) in [6.07, 6.45) is 0.242. The van der Waals surface area contributed by atoms with E-state index in [4.69, 9.17) is 15.4 Å². The highest BCUT2D eigenvalue weighted by molar-refractivity contribution is 8.13. The summed E-state index contributed by atoms with van der Waals surface area (Å²) in [5.74, 6) is -0.394. The van der Waals surface area contributed by atoms with Gasteiger partial charge < -0.3 is 14.5 Å². The number of benzene rings is 1. The van der Waals surface area contributed by atoms with Crippen molar-refractivity contribution in [2.75, 3.05) is 43.5 Å². The summed E-state index contributed by atoms with van der Waals surface area (Å²) >= 11 is 0. The first kappa shape index (κ1) is 17.5. The van der Waals surface area contributed by atoms with Gasteiger partial charge in [-0.2, -0.15) is 0 Å². The minimum absolute atomic E-state index is 0.0166. The van der Waals surface area contributed by atoms with Crippen molar-refractivity contribution >= 4 is 31.3 Å². The number of morpholine rings is 1. The lowest BCUT2D eigenvalue weighted by molar-refractivity contribution is -0.128. The van der Waals surface area contributed by atoms with E-state index in [1.165, 1.54) is 0 Å². The van der Waals surface area contributed by atoms with Crippen molar-refractivity contribution in [3.05, 3.63) is 29.8 Å². The van der Waals surface area contributed by atoms with Crippen LogP contribution in [-0.2, 0) is 25.1 Å². The molecule has 8 heteroatoms. The van der Waals surface area contributed by atoms with Crippen LogP contribution in [0.5, 0.6) is 0 Å². The lowest BCUT2D eigenvalue weighted by Crippen LogP contribution is -2.37. The van der Waals surface area contributed by atoms with Crippen molar-refractivity contribution in [1.82, 2.24) is 4.90 Å². The normalized spacial score (nSPS) is 22.2. The Balaban J connectivity index is 1.71. The van der Waals surface area contributed by atoms with Gasteiger partial charge in [-0.15, -0.1) is 0 Å². The molecule has 3 rings (SSSR count). The first-order valence-corrected chi connectivity index (χ1v) is 10.5. The predicted molar refractivity (Wildman–Crippen MR) is 92.6 cm³/mol. The van der Waals surface area contributed by atoms with Gasteiger partial charge in [0.25, 0.3) is 0 Å². The standard InChI is InChI=1S/C16H21ClN2O4S/c17-24(21,22)12-13-9-16(20)19(10-13)11-14-3-1-2-4-15(14)18-5-7-23-8-6-18/h1-4,13H,5-12H2. The molecule has 2 saturated heterocycles. The van der Waals surface area contributed by atoms with Crippen LogP contribution in [0, 0.1) is 5.92 Å². The summed E-state index contributed by atoms with van der Waals surface area (Å²) in [7, 11) is 1.74. The van der Waals surface area contributed by atoms with E-state index in [-0.39, 0.29) is 24.0 Å². The Bertz CT molecular complexity index is 704. The molecular formula is C16H21ClN2O4S. The predicted octanol–water partition coefficient (Wildman–Crippen LogP) is 1.44. The second-order valence-electron chi connectivity index (χ2n) is 6.28. The van der Waals surface area contributed by atoms with Gasteiger partial charge in [0.2, 0.25) is 15.0 Å². The van der Waals surface area contributed by atoms with E-state index in [0.29, 0.717) is 26.3 Å². The lowest BCUT2D eigenvalue weighted by Gasteiger charge is -2.31. The lowest BCUT2D eigenvalue weighted by atomic mass is 10.1. The fourth-order valence-corrected chi connectivity index (χ4v) is 4.68. The molecule has 0 bridgehead atoms. The van der Waals surface area contributed by atoms with Crippen molar-refractivity contribution in [1.29, 1.82) is 0 Å². The monoisotopic (exact) mass is 372 g/mol. The Morgan fingerprint density at radius 1 is 1.21 bits per heavy atom. The fourth-order valence-electron chi connectivity index (χ4n) is 3.36. The molecule has 0 aromatic heterocycles. The van der Waals surface area contributed by atoms with Crippen molar-refractivity contribution in [3.63, 3.8) is 0 Å². The third-order valence-corrected chi connectivity index (χ3v) is 5.68. The number of hydrogen-bond acceptors (Lipinski definition) is 5. The molecule has 2 heterocycles. The van der Waals surface area contributed by atoms with Crippen molar-refractivity contribution in [2.24, 2.45) is 5.92 Å². The Hall–Kier alpha value is -1.31. The van der Waals surface area contributed by atoms with Crippen molar-refractivity contribution < 1.29 is 17.9 Å². The minimum Gasteiger partial charge on any atom is -0.378 e. The number of rotatable bonds is 5. The SMILES string of the molecule is O=C1CC(CS(=O)(=O)Cl)CN1Cc1ccccc1N1CCOCC1. The van der Waals surface area contributed by atoms with Crippen LogP contribution in [0.1, 0.15) is 12.0 Å². The molecule has 2 fully saturated rings. The summed E-state index contributed by atoms with van der Waals surface area (Å²) in [5.41, 5.74) is 2.18. The molecule has 1 unspecified atom stereocenters. The van der Waals surface area contributed by atoms with E-state index < -0.39 is 9.05 Å². The molecule has 1 aromatic carbocycles. The van der Waals surface area contributed by atoms with Gasteiger partial charge in [0.15, 0.2) is 0 Å². The number of halogens is 1. The molecule has 0 spiro atoms. The first-order chi connectivity index (χ1) is 11.4. The molecular weight excluding hydrogens is 352 g/mol. The third kappa shape index (κ3) is 4.40. The zero-order valence-corrected chi connectivity index (χ0v) is 14.9. The molecule has 2 aliphatic heterocycles. The van der Waals surface area contributed by atoms with Crippen LogP contribution in [-0.4, -0.2) is 57.8 Å². The van der Waals surface area contributed by atoms with Gasteiger partial charge in [0.1, 0.15) is 0 Å². The average molecular weight is 373 g/mol. The van der Waals surface area contributed by atoms with Crippen LogP contribution in [0.25, 0.3) is 0 Å². The first-order valence-electron chi connectivity index (χ1n) is 8.03. The number of hydrogen-bond donors (Lipinski definition) is 0. The molecule has 6 nitrogen and oxygen atoms in total. The molecule has 132 valence electrons. The molecule has 1 aromatic rings. The molecule has 0 radical (unpaired) electrons. The Morgan fingerprint density at radius 2 is 1.92 bits per heavy atom. The van der Waals surface area contributed by atoms with Crippen LogP contribution in [0.15, 0.2) is 24.3 Å². The summed E-state index contributed by atoms with van der Waals surface area (Å²) in [4.78, 5) is 16.2. The van der Waals surface area contributed by atoms with E-state index >= 15 is 0 Å². The Kier molecular flexibility index (Phi) is 5.32. The number of carbonyl (C=O) groups is 1. The number of nitrogens with zero attached hydrogens (tertiary/aromatic N) is 2. The summed E-state index contributed by atoms with van der Waals surface area (Å²) in [6.45, 7) is 3.99. The summed E-state index contributed by atoms with van der Waals surface area (Å²) in [6, 6.07) is 8.02. The molecule has 24 heavy (non-hydrogen) atoms. The smallest absolute Gasteiger partial charge is 0.232 e.